The number of rotatable bonds is 4. The van der Waals surface area contributed by atoms with Gasteiger partial charge in [-0.15, -0.1) is 0 Å². The third-order valence-corrected chi connectivity index (χ3v) is 2.88. The molecule has 2 rings (SSSR count). The highest BCUT2D eigenvalue weighted by Gasteiger charge is 2.15. The van der Waals surface area contributed by atoms with Gasteiger partial charge in [-0.1, -0.05) is 26.0 Å². The van der Waals surface area contributed by atoms with Crippen LogP contribution in [0.5, 0.6) is 5.75 Å². The Labute approximate surface area is 98.2 Å². The van der Waals surface area contributed by atoms with Crippen molar-refractivity contribution in [1.29, 1.82) is 0 Å². The summed E-state index contributed by atoms with van der Waals surface area (Å²) in [5, 5.41) is 0. The van der Waals surface area contributed by atoms with Crippen molar-refractivity contribution < 1.29 is 4.74 Å². The largest absolute Gasteiger partial charge is 0.491 e. The lowest BCUT2D eigenvalue weighted by Crippen LogP contribution is -2.19. The monoisotopic (exact) mass is 219 g/mol. The summed E-state index contributed by atoms with van der Waals surface area (Å²) in [4.78, 5) is 2.43. The first kappa shape index (κ1) is 11.3. The van der Waals surface area contributed by atoms with Crippen molar-refractivity contribution in [2.75, 3.05) is 24.6 Å². The van der Waals surface area contributed by atoms with Crippen molar-refractivity contribution in [3.8, 4) is 5.75 Å². The lowest BCUT2D eigenvalue weighted by molar-refractivity contribution is 0.271. The van der Waals surface area contributed by atoms with Gasteiger partial charge in [0.05, 0.1) is 12.3 Å². The van der Waals surface area contributed by atoms with Gasteiger partial charge in [0.25, 0.3) is 0 Å². The number of benzene rings is 1. The summed E-state index contributed by atoms with van der Waals surface area (Å²) in [6, 6.07) is 8.39. The van der Waals surface area contributed by atoms with E-state index in [1.54, 1.807) is 0 Å². The summed E-state index contributed by atoms with van der Waals surface area (Å²) < 4.78 is 5.87. The molecule has 0 amide bonds. The maximum Gasteiger partial charge on any atom is 0.142 e. The SMILES string of the molecule is CC(C)COc1ccccc1N1CCCC1. The second-order valence-corrected chi connectivity index (χ2v) is 4.87. The van der Waals surface area contributed by atoms with E-state index in [0.717, 1.165) is 12.4 Å². The average molecular weight is 219 g/mol. The predicted molar refractivity (Wildman–Crippen MR) is 68.2 cm³/mol. The minimum absolute atomic E-state index is 0.576. The topological polar surface area (TPSA) is 12.5 Å². The normalized spacial score (nSPS) is 15.8. The molecule has 0 bridgehead atoms. The Morgan fingerprint density at radius 2 is 1.88 bits per heavy atom. The van der Waals surface area contributed by atoms with Crippen molar-refractivity contribution in [2.45, 2.75) is 26.7 Å². The number of ether oxygens (including phenoxy) is 1. The van der Waals surface area contributed by atoms with Crippen LogP contribution in [-0.4, -0.2) is 19.7 Å². The standard InChI is InChI=1S/C14H21NO/c1-12(2)11-16-14-8-4-3-7-13(14)15-9-5-6-10-15/h3-4,7-8,12H,5-6,9-11H2,1-2H3. The van der Waals surface area contributed by atoms with Crippen molar-refractivity contribution in [3.63, 3.8) is 0 Å². The van der Waals surface area contributed by atoms with Crippen LogP contribution in [0.15, 0.2) is 24.3 Å². The second-order valence-electron chi connectivity index (χ2n) is 4.87. The Bertz CT molecular complexity index is 329. The molecular formula is C14H21NO. The van der Waals surface area contributed by atoms with Gasteiger partial charge in [0.2, 0.25) is 0 Å². The molecule has 1 heterocycles. The molecule has 1 aliphatic rings. The van der Waals surface area contributed by atoms with Gasteiger partial charge < -0.3 is 9.64 Å². The van der Waals surface area contributed by atoms with Gasteiger partial charge in [-0.05, 0) is 30.9 Å². The molecule has 1 saturated heterocycles. The third kappa shape index (κ3) is 2.69. The van der Waals surface area contributed by atoms with Crippen molar-refractivity contribution >= 4 is 5.69 Å². The van der Waals surface area contributed by atoms with E-state index in [9.17, 15) is 0 Å². The van der Waals surface area contributed by atoms with Gasteiger partial charge in [0, 0.05) is 13.1 Å². The zero-order valence-corrected chi connectivity index (χ0v) is 10.3. The molecule has 1 aliphatic heterocycles. The molecule has 2 nitrogen and oxygen atoms in total. The molecular weight excluding hydrogens is 198 g/mol. The molecule has 0 saturated carbocycles. The van der Waals surface area contributed by atoms with Gasteiger partial charge >= 0.3 is 0 Å². The Balaban J connectivity index is 2.10. The molecule has 2 heteroatoms. The van der Waals surface area contributed by atoms with E-state index >= 15 is 0 Å². The van der Waals surface area contributed by atoms with Crippen LogP contribution in [0.3, 0.4) is 0 Å². The van der Waals surface area contributed by atoms with Crippen LogP contribution in [0.1, 0.15) is 26.7 Å². The summed E-state index contributed by atoms with van der Waals surface area (Å²) in [7, 11) is 0. The van der Waals surface area contributed by atoms with Crippen molar-refractivity contribution in [2.24, 2.45) is 5.92 Å². The lowest BCUT2D eigenvalue weighted by atomic mass is 10.2. The smallest absolute Gasteiger partial charge is 0.142 e. The molecule has 0 aliphatic carbocycles. The molecule has 1 aromatic carbocycles. The first-order valence-electron chi connectivity index (χ1n) is 6.24. The number of nitrogens with zero attached hydrogens (tertiary/aromatic N) is 1. The fourth-order valence-electron chi connectivity index (χ4n) is 2.05. The minimum atomic E-state index is 0.576. The van der Waals surface area contributed by atoms with Crippen molar-refractivity contribution in [1.82, 2.24) is 0 Å². The molecule has 0 atom stereocenters. The molecule has 1 aromatic rings. The van der Waals surface area contributed by atoms with Crippen LogP contribution in [0.4, 0.5) is 5.69 Å². The number of para-hydroxylation sites is 2. The summed E-state index contributed by atoms with van der Waals surface area (Å²) in [6.07, 6.45) is 2.61. The Hall–Kier alpha value is -1.18. The maximum absolute atomic E-state index is 5.87. The average Bonchev–Trinajstić information content (AvgIpc) is 2.80. The van der Waals surface area contributed by atoms with E-state index in [-0.39, 0.29) is 0 Å². The highest BCUT2D eigenvalue weighted by molar-refractivity contribution is 5.58. The Morgan fingerprint density at radius 3 is 2.56 bits per heavy atom. The van der Waals surface area contributed by atoms with Gasteiger partial charge in [0.1, 0.15) is 5.75 Å². The third-order valence-electron chi connectivity index (χ3n) is 2.88. The van der Waals surface area contributed by atoms with E-state index in [1.807, 2.05) is 0 Å². The highest BCUT2D eigenvalue weighted by atomic mass is 16.5. The first-order chi connectivity index (χ1) is 7.77. The Kier molecular flexibility index (Phi) is 3.70. The minimum Gasteiger partial charge on any atom is -0.491 e. The van der Waals surface area contributed by atoms with E-state index < -0.39 is 0 Å². The zero-order valence-electron chi connectivity index (χ0n) is 10.3. The van der Waals surface area contributed by atoms with Crippen LogP contribution in [-0.2, 0) is 0 Å². The van der Waals surface area contributed by atoms with E-state index in [4.69, 9.17) is 4.74 Å². The van der Waals surface area contributed by atoms with Crippen LogP contribution >= 0.6 is 0 Å². The molecule has 0 spiro atoms. The highest BCUT2D eigenvalue weighted by Crippen LogP contribution is 2.30. The van der Waals surface area contributed by atoms with Crippen LogP contribution in [0.25, 0.3) is 0 Å². The van der Waals surface area contributed by atoms with Crippen LogP contribution < -0.4 is 9.64 Å². The molecule has 1 fully saturated rings. The summed E-state index contributed by atoms with van der Waals surface area (Å²) >= 11 is 0. The Morgan fingerprint density at radius 1 is 1.19 bits per heavy atom. The summed E-state index contributed by atoms with van der Waals surface area (Å²) in [5.41, 5.74) is 1.26. The number of anilines is 1. The number of hydrogen-bond acceptors (Lipinski definition) is 2. The fourth-order valence-corrected chi connectivity index (χ4v) is 2.05. The quantitative estimate of drug-likeness (QED) is 0.770. The maximum atomic E-state index is 5.87. The first-order valence-corrected chi connectivity index (χ1v) is 6.24. The van der Waals surface area contributed by atoms with Gasteiger partial charge in [0.15, 0.2) is 0 Å². The van der Waals surface area contributed by atoms with E-state index in [0.29, 0.717) is 5.92 Å². The molecule has 0 aromatic heterocycles. The summed E-state index contributed by atoms with van der Waals surface area (Å²) in [6.45, 7) is 7.49. The number of hydrogen-bond donors (Lipinski definition) is 0. The zero-order chi connectivity index (χ0) is 11.4. The van der Waals surface area contributed by atoms with E-state index in [2.05, 4.69) is 43.0 Å². The van der Waals surface area contributed by atoms with Gasteiger partial charge in [-0.25, -0.2) is 0 Å². The molecule has 88 valence electrons. The molecule has 0 radical (unpaired) electrons. The van der Waals surface area contributed by atoms with Gasteiger partial charge in [-0.3, -0.25) is 0 Å². The van der Waals surface area contributed by atoms with Crippen LogP contribution in [0.2, 0.25) is 0 Å². The van der Waals surface area contributed by atoms with Gasteiger partial charge in [-0.2, -0.15) is 0 Å². The second kappa shape index (κ2) is 5.24. The summed E-state index contributed by atoms with van der Waals surface area (Å²) in [5.74, 6) is 1.62. The lowest BCUT2D eigenvalue weighted by Gasteiger charge is -2.21. The fraction of sp³-hybridized carbons (Fsp3) is 0.571. The van der Waals surface area contributed by atoms with Crippen LogP contribution in [0, 0.1) is 5.92 Å². The van der Waals surface area contributed by atoms with E-state index in [1.165, 1.54) is 31.6 Å². The molecule has 0 N–H and O–H groups in total. The molecule has 16 heavy (non-hydrogen) atoms. The molecule has 0 unspecified atom stereocenters. The predicted octanol–water partition coefficient (Wildman–Crippen LogP) is 3.32. The van der Waals surface area contributed by atoms with Crippen molar-refractivity contribution in [3.05, 3.63) is 24.3 Å².